The number of nitrogens with two attached hydrogens (primary N) is 1. The van der Waals surface area contributed by atoms with E-state index in [-0.39, 0.29) is 19.0 Å². The van der Waals surface area contributed by atoms with Crippen molar-refractivity contribution in [1.29, 1.82) is 0 Å². The lowest BCUT2D eigenvalue weighted by Crippen LogP contribution is -2.51. The molecule has 0 fully saturated rings. The summed E-state index contributed by atoms with van der Waals surface area (Å²) in [6.07, 6.45) is 2.15. The number of carboxylic acid groups (broad SMARTS) is 1. The highest BCUT2D eigenvalue weighted by Gasteiger charge is 2.33. The van der Waals surface area contributed by atoms with Gasteiger partial charge in [0.25, 0.3) is 0 Å². The first-order valence-electron chi connectivity index (χ1n) is 6.22. The molecule has 0 saturated carbocycles. The second kappa shape index (κ2) is 8.91. The molecule has 1 aromatic rings. The number of ether oxygens (including phenoxy) is 1. The maximum Gasteiger partial charge on any atom is 0.326 e. The van der Waals surface area contributed by atoms with Gasteiger partial charge in [0.2, 0.25) is 0 Å². The highest BCUT2D eigenvalue weighted by molar-refractivity contribution is 5.85. The summed E-state index contributed by atoms with van der Waals surface area (Å²) in [6.45, 7) is 2.43. The van der Waals surface area contributed by atoms with Gasteiger partial charge in [0.1, 0.15) is 5.54 Å². The Morgan fingerprint density at radius 3 is 2.53 bits per heavy atom. The Bertz CT molecular complexity index is 372. The van der Waals surface area contributed by atoms with Crippen LogP contribution >= 0.6 is 12.4 Å². The molecule has 0 radical (unpaired) electrons. The van der Waals surface area contributed by atoms with E-state index in [1.165, 1.54) is 0 Å². The van der Waals surface area contributed by atoms with Crippen LogP contribution in [0, 0.1) is 0 Å². The second-order valence-corrected chi connectivity index (χ2v) is 4.54. The van der Waals surface area contributed by atoms with Gasteiger partial charge >= 0.3 is 5.97 Å². The van der Waals surface area contributed by atoms with E-state index in [0.717, 1.165) is 18.4 Å². The highest BCUT2D eigenvalue weighted by Crippen LogP contribution is 2.13. The molecule has 0 aromatic heterocycles. The SMILES string of the molecule is CCCC[C@](N)(COCc1ccccc1)C(=O)O.Cl. The zero-order chi connectivity index (χ0) is 13.4. The number of halogens is 1. The van der Waals surface area contributed by atoms with E-state index in [9.17, 15) is 4.79 Å². The predicted molar refractivity (Wildman–Crippen MR) is 77.4 cm³/mol. The first-order valence-corrected chi connectivity index (χ1v) is 6.22. The molecule has 1 aromatic carbocycles. The highest BCUT2D eigenvalue weighted by atomic mass is 35.5. The Morgan fingerprint density at radius 2 is 2.00 bits per heavy atom. The summed E-state index contributed by atoms with van der Waals surface area (Å²) < 4.78 is 5.44. The normalized spacial score (nSPS) is 13.4. The summed E-state index contributed by atoms with van der Waals surface area (Å²) in [4.78, 5) is 11.2. The lowest BCUT2D eigenvalue weighted by Gasteiger charge is -2.24. The average molecular weight is 288 g/mol. The first-order chi connectivity index (χ1) is 8.58. The standard InChI is InChI=1S/C14H21NO3.ClH/c1-2-3-9-14(15,13(16)17)11-18-10-12-7-5-4-6-8-12;/h4-8H,2-3,9-11,15H2,1H3,(H,16,17);1H/t14-;/m0./s1. The number of carboxylic acids is 1. The Kier molecular flexibility index (Phi) is 8.39. The second-order valence-electron chi connectivity index (χ2n) is 4.54. The molecule has 5 heteroatoms. The van der Waals surface area contributed by atoms with Gasteiger partial charge < -0.3 is 15.6 Å². The largest absolute Gasteiger partial charge is 0.480 e. The first kappa shape index (κ1) is 17.9. The Balaban J connectivity index is 0.00000324. The van der Waals surface area contributed by atoms with Crippen LogP contribution in [0.3, 0.4) is 0 Å². The summed E-state index contributed by atoms with van der Waals surface area (Å²) in [5.74, 6) is -0.996. The van der Waals surface area contributed by atoms with Crippen molar-refractivity contribution in [3.05, 3.63) is 35.9 Å². The molecule has 3 N–H and O–H groups in total. The van der Waals surface area contributed by atoms with E-state index in [1.54, 1.807) is 0 Å². The summed E-state index contributed by atoms with van der Waals surface area (Å²) >= 11 is 0. The van der Waals surface area contributed by atoms with Crippen LogP contribution in [0.2, 0.25) is 0 Å². The third-order valence-electron chi connectivity index (χ3n) is 2.87. The average Bonchev–Trinajstić information content (AvgIpc) is 2.37. The minimum absolute atomic E-state index is 0. The van der Waals surface area contributed by atoms with Crippen molar-refractivity contribution in [1.82, 2.24) is 0 Å². The monoisotopic (exact) mass is 287 g/mol. The molecular formula is C14H22ClNO3. The van der Waals surface area contributed by atoms with Gasteiger partial charge in [0, 0.05) is 0 Å². The number of hydrogen-bond donors (Lipinski definition) is 2. The van der Waals surface area contributed by atoms with Crippen LogP contribution in [0.15, 0.2) is 30.3 Å². The van der Waals surface area contributed by atoms with Gasteiger partial charge in [-0.1, -0.05) is 50.1 Å². The van der Waals surface area contributed by atoms with Crippen molar-refractivity contribution in [3.8, 4) is 0 Å². The third kappa shape index (κ3) is 6.05. The molecule has 0 heterocycles. The molecule has 0 saturated heterocycles. The van der Waals surface area contributed by atoms with Gasteiger partial charge in [-0.05, 0) is 12.0 Å². The fraction of sp³-hybridized carbons (Fsp3) is 0.500. The van der Waals surface area contributed by atoms with Crippen molar-refractivity contribution in [2.45, 2.75) is 38.3 Å². The van der Waals surface area contributed by atoms with E-state index in [2.05, 4.69) is 0 Å². The quantitative estimate of drug-likeness (QED) is 0.771. The van der Waals surface area contributed by atoms with Gasteiger partial charge in [0.15, 0.2) is 0 Å². The van der Waals surface area contributed by atoms with Crippen LogP contribution in [-0.4, -0.2) is 23.2 Å². The zero-order valence-corrected chi connectivity index (χ0v) is 12.0. The van der Waals surface area contributed by atoms with E-state index in [0.29, 0.717) is 13.0 Å². The number of aliphatic carboxylic acids is 1. The molecule has 19 heavy (non-hydrogen) atoms. The Morgan fingerprint density at radius 1 is 1.37 bits per heavy atom. The van der Waals surface area contributed by atoms with E-state index in [1.807, 2.05) is 37.3 Å². The minimum Gasteiger partial charge on any atom is -0.480 e. The van der Waals surface area contributed by atoms with Crippen LogP contribution in [0.4, 0.5) is 0 Å². The number of unbranched alkanes of at least 4 members (excludes halogenated alkanes) is 1. The molecule has 1 atom stereocenters. The summed E-state index contributed by atoms with van der Waals surface area (Å²) in [7, 11) is 0. The number of hydrogen-bond acceptors (Lipinski definition) is 3. The van der Waals surface area contributed by atoms with Crippen molar-refractivity contribution in [2.75, 3.05) is 6.61 Å². The molecule has 0 aliphatic rings. The van der Waals surface area contributed by atoms with E-state index >= 15 is 0 Å². The van der Waals surface area contributed by atoms with Gasteiger partial charge in [-0.25, -0.2) is 0 Å². The van der Waals surface area contributed by atoms with Gasteiger partial charge in [-0.15, -0.1) is 12.4 Å². The topological polar surface area (TPSA) is 72.5 Å². The maximum atomic E-state index is 11.2. The van der Waals surface area contributed by atoms with Gasteiger partial charge in [-0.2, -0.15) is 0 Å². The predicted octanol–water partition coefficient (Wildman–Crippen LogP) is 2.60. The lowest BCUT2D eigenvalue weighted by atomic mass is 9.95. The van der Waals surface area contributed by atoms with Crippen LogP contribution in [0.25, 0.3) is 0 Å². The number of carbonyl (C=O) groups is 1. The molecule has 0 aliphatic heterocycles. The molecule has 0 amide bonds. The van der Waals surface area contributed by atoms with E-state index < -0.39 is 11.5 Å². The molecule has 108 valence electrons. The maximum absolute atomic E-state index is 11.2. The van der Waals surface area contributed by atoms with E-state index in [4.69, 9.17) is 15.6 Å². The van der Waals surface area contributed by atoms with Gasteiger partial charge in [-0.3, -0.25) is 4.79 Å². The molecule has 0 unspecified atom stereocenters. The van der Waals surface area contributed by atoms with Gasteiger partial charge in [0.05, 0.1) is 13.2 Å². The van der Waals surface area contributed by atoms with Crippen LogP contribution < -0.4 is 5.73 Å². The minimum atomic E-state index is -1.27. The Labute approximate surface area is 120 Å². The number of rotatable bonds is 8. The summed E-state index contributed by atoms with van der Waals surface area (Å²) in [5.41, 5.74) is 5.61. The van der Waals surface area contributed by atoms with Crippen LogP contribution in [0.1, 0.15) is 31.7 Å². The smallest absolute Gasteiger partial charge is 0.326 e. The number of benzene rings is 1. The molecular weight excluding hydrogens is 266 g/mol. The van der Waals surface area contributed by atoms with Crippen LogP contribution in [-0.2, 0) is 16.1 Å². The summed E-state index contributed by atoms with van der Waals surface area (Å²) in [6, 6.07) is 9.64. The zero-order valence-electron chi connectivity index (χ0n) is 11.2. The Hall–Kier alpha value is -1.10. The molecule has 0 aliphatic carbocycles. The molecule has 0 spiro atoms. The lowest BCUT2D eigenvalue weighted by molar-refractivity contribution is -0.146. The van der Waals surface area contributed by atoms with Crippen molar-refractivity contribution >= 4 is 18.4 Å². The molecule has 1 rings (SSSR count). The van der Waals surface area contributed by atoms with Crippen molar-refractivity contribution in [3.63, 3.8) is 0 Å². The van der Waals surface area contributed by atoms with Crippen LogP contribution in [0.5, 0.6) is 0 Å². The third-order valence-corrected chi connectivity index (χ3v) is 2.87. The van der Waals surface area contributed by atoms with Crippen molar-refractivity contribution < 1.29 is 14.6 Å². The summed E-state index contributed by atoms with van der Waals surface area (Å²) in [5, 5.41) is 9.15. The fourth-order valence-electron chi connectivity index (χ4n) is 1.66. The fourth-order valence-corrected chi connectivity index (χ4v) is 1.66. The molecule has 0 bridgehead atoms. The molecule has 4 nitrogen and oxygen atoms in total. The van der Waals surface area contributed by atoms with Crippen molar-refractivity contribution in [2.24, 2.45) is 5.73 Å².